The van der Waals surface area contributed by atoms with Crippen LogP contribution in [0.2, 0.25) is 0 Å². The van der Waals surface area contributed by atoms with Gasteiger partial charge >= 0.3 is 6.03 Å². The first-order valence-corrected chi connectivity index (χ1v) is 15.8. The maximum Gasteiger partial charge on any atom is 0.323 e. The summed E-state index contributed by atoms with van der Waals surface area (Å²) in [7, 11) is -7.90. The van der Waals surface area contributed by atoms with Crippen LogP contribution in [-0.4, -0.2) is 58.4 Å². The first-order valence-electron chi connectivity index (χ1n) is 12.7. The fourth-order valence-corrected chi connectivity index (χ4v) is 5.66. The molecule has 0 aliphatic carbocycles. The molecule has 1 fully saturated rings. The average Bonchev–Trinajstić information content (AvgIpc) is 2.93. The van der Waals surface area contributed by atoms with Crippen molar-refractivity contribution in [3.05, 3.63) is 83.4 Å². The Bertz CT molecular complexity index is 1650. The molecule has 1 heterocycles. The number of sulfonamides is 2. The summed E-state index contributed by atoms with van der Waals surface area (Å²) >= 11 is 0. The van der Waals surface area contributed by atoms with Crippen molar-refractivity contribution in [2.24, 2.45) is 16.2 Å². The molecule has 0 atom stereocenters. The molecule has 1 saturated heterocycles. The van der Waals surface area contributed by atoms with E-state index in [2.05, 4.69) is 10.6 Å². The number of rotatable bonds is 8. The van der Waals surface area contributed by atoms with Gasteiger partial charge in [0.2, 0.25) is 20.0 Å². The molecule has 0 spiro atoms. The highest BCUT2D eigenvalue weighted by Gasteiger charge is 2.21. The van der Waals surface area contributed by atoms with Crippen LogP contribution in [0.25, 0.3) is 0 Å². The van der Waals surface area contributed by atoms with Gasteiger partial charge in [0.15, 0.2) is 0 Å². The zero-order valence-corrected chi connectivity index (χ0v) is 23.7. The quantitative estimate of drug-likeness (QED) is 0.168. The van der Waals surface area contributed by atoms with Gasteiger partial charge in [-0.25, -0.2) is 31.9 Å². The number of nitrogens with one attached hydrogen (secondary N) is 3. The first-order chi connectivity index (χ1) is 19.3. The van der Waals surface area contributed by atoms with Crippen LogP contribution in [0.3, 0.4) is 0 Å². The lowest BCUT2D eigenvalue weighted by Crippen LogP contribution is -2.39. The summed E-state index contributed by atoms with van der Waals surface area (Å²) in [6.07, 6.45) is 1.77. The Morgan fingerprint density at radius 1 is 0.902 bits per heavy atom. The highest BCUT2D eigenvalue weighted by atomic mass is 32.2. The molecule has 218 valence electrons. The third-order valence-corrected chi connectivity index (χ3v) is 8.72. The molecular weight excluding hydrogens is 568 g/mol. The number of likely N-dealkylation sites (tertiary alicyclic amines) is 1. The average molecular weight is 601 g/mol. The molecule has 0 bridgehead atoms. The fourth-order valence-electron chi connectivity index (χ4n) is 4.58. The second-order valence-corrected chi connectivity index (χ2v) is 13.0. The Balaban J connectivity index is 1.50. The summed E-state index contributed by atoms with van der Waals surface area (Å²) in [6.45, 7) is 1.49. The Labute approximate surface area is 239 Å². The van der Waals surface area contributed by atoms with E-state index in [9.17, 15) is 26.7 Å². The number of anilines is 2. The van der Waals surface area contributed by atoms with Crippen LogP contribution < -0.4 is 20.9 Å². The lowest BCUT2D eigenvalue weighted by molar-refractivity contribution is 0.166. The number of amidine groups is 1. The van der Waals surface area contributed by atoms with Gasteiger partial charge in [-0.05, 0) is 78.8 Å². The molecule has 4 rings (SSSR count). The van der Waals surface area contributed by atoms with Crippen molar-refractivity contribution in [3.63, 3.8) is 0 Å². The number of hydrogen-bond donors (Lipinski definition) is 6. The molecule has 0 aromatic heterocycles. The Morgan fingerprint density at radius 3 is 2.15 bits per heavy atom. The van der Waals surface area contributed by atoms with E-state index in [0.717, 1.165) is 12.8 Å². The molecule has 12 nitrogen and oxygen atoms in total. The van der Waals surface area contributed by atoms with Crippen molar-refractivity contribution in [2.45, 2.75) is 29.1 Å². The van der Waals surface area contributed by atoms with Crippen molar-refractivity contribution in [1.29, 1.82) is 5.41 Å². The number of piperidine rings is 1. The molecule has 8 N–H and O–H groups in total. The summed E-state index contributed by atoms with van der Waals surface area (Å²) in [6, 6.07) is 16.1. The molecule has 3 aromatic rings. The van der Waals surface area contributed by atoms with Gasteiger partial charge in [0.25, 0.3) is 0 Å². The Hall–Kier alpha value is -3.82. The number of hydrogen-bond acceptors (Lipinski definition) is 7. The lowest BCUT2D eigenvalue weighted by Gasteiger charge is -2.33. The monoisotopic (exact) mass is 600 g/mol. The van der Waals surface area contributed by atoms with Crippen molar-refractivity contribution in [1.82, 2.24) is 4.90 Å². The molecule has 1 aliphatic rings. The van der Waals surface area contributed by atoms with Crippen LogP contribution >= 0.6 is 0 Å². The molecule has 3 aromatic carbocycles. The van der Waals surface area contributed by atoms with Gasteiger partial charge in [0.05, 0.1) is 9.79 Å². The van der Waals surface area contributed by atoms with Crippen LogP contribution in [0.5, 0.6) is 0 Å². The molecule has 0 saturated carbocycles. The number of carbonyl (C=O) groups excluding carboxylic acids is 1. The molecular formula is C27H32N6O6S2. The van der Waals surface area contributed by atoms with Gasteiger partial charge in [-0.3, -0.25) is 5.41 Å². The topological polar surface area (TPSA) is 209 Å². The number of benzene rings is 3. The normalized spacial score (nSPS) is 14.5. The van der Waals surface area contributed by atoms with E-state index in [1.807, 2.05) is 4.90 Å². The summed E-state index contributed by atoms with van der Waals surface area (Å²) in [4.78, 5) is 14.7. The number of urea groups is 1. The lowest BCUT2D eigenvalue weighted by atomic mass is 9.97. The summed E-state index contributed by atoms with van der Waals surface area (Å²) in [5.41, 5.74) is 2.47. The minimum absolute atomic E-state index is 0.0674. The minimum atomic E-state index is -4.03. The van der Waals surface area contributed by atoms with Gasteiger partial charge in [-0.1, -0.05) is 24.3 Å². The highest BCUT2D eigenvalue weighted by Crippen LogP contribution is 2.25. The Kier molecular flexibility index (Phi) is 9.09. The zero-order chi connectivity index (χ0) is 29.8. The molecule has 0 radical (unpaired) electrons. The maximum absolute atomic E-state index is 12.9. The standard InChI is InChI=1S/C27H32N6O6S2/c28-26(33-12-10-19(17-34)11-13-33)20-2-1-3-22(15-20)31-27(35)32-25-9-8-24(41(30,38)39)16-21(25)14-18-4-6-23(7-5-18)40(29,36)37/h1-9,15-16,19,28,34H,10-14,17H2,(H2,29,36,37)(H2,30,38,39)(H2,31,32,35). The van der Waals surface area contributed by atoms with Gasteiger partial charge in [0.1, 0.15) is 5.84 Å². The number of primary sulfonamides is 2. The van der Waals surface area contributed by atoms with E-state index in [0.29, 0.717) is 47.0 Å². The fraction of sp³-hybridized carbons (Fsp3) is 0.259. The van der Waals surface area contributed by atoms with Crippen molar-refractivity contribution in [2.75, 3.05) is 30.3 Å². The van der Waals surface area contributed by atoms with E-state index in [1.54, 1.807) is 36.4 Å². The largest absolute Gasteiger partial charge is 0.396 e. The van der Waals surface area contributed by atoms with Gasteiger partial charge in [-0.2, -0.15) is 0 Å². The molecule has 1 aliphatic heterocycles. The SMILES string of the molecule is N=C(c1cccc(NC(=O)Nc2ccc(S(N)(=O)=O)cc2Cc2ccc(S(N)(=O)=O)cc2)c1)N1CCC(CO)CC1. The zero-order valence-electron chi connectivity index (χ0n) is 22.1. The van der Waals surface area contributed by atoms with Crippen LogP contribution in [0.15, 0.2) is 76.5 Å². The van der Waals surface area contributed by atoms with Gasteiger partial charge in [0, 0.05) is 36.6 Å². The maximum atomic E-state index is 12.9. The number of amides is 2. The Morgan fingerprint density at radius 2 is 1.54 bits per heavy atom. The van der Waals surface area contributed by atoms with E-state index < -0.39 is 26.1 Å². The van der Waals surface area contributed by atoms with Crippen LogP contribution in [0.1, 0.15) is 29.5 Å². The van der Waals surface area contributed by atoms with Crippen LogP contribution in [0.4, 0.5) is 16.2 Å². The highest BCUT2D eigenvalue weighted by molar-refractivity contribution is 7.89. The number of carbonyl (C=O) groups is 1. The van der Waals surface area contributed by atoms with Gasteiger partial charge in [-0.15, -0.1) is 0 Å². The first kappa shape index (κ1) is 30.1. The van der Waals surface area contributed by atoms with Gasteiger partial charge < -0.3 is 20.6 Å². The van der Waals surface area contributed by atoms with E-state index in [-0.39, 0.29) is 28.7 Å². The minimum Gasteiger partial charge on any atom is -0.396 e. The third-order valence-electron chi connectivity index (χ3n) is 6.88. The van der Waals surface area contributed by atoms with Crippen molar-refractivity contribution in [3.8, 4) is 0 Å². The smallest absolute Gasteiger partial charge is 0.323 e. The predicted molar refractivity (Wildman–Crippen MR) is 156 cm³/mol. The molecule has 0 unspecified atom stereocenters. The number of nitrogens with two attached hydrogens (primary N) is 2. The van der Waals surface area contributed by atoms with Crippen molar-refractivity contribution < 1.29 is 26.7 Å². The predicted octanol–water partition coefficient (Wildman–Crippen LogP) is 2.25. The second kappa shape index (κ2) is 12.4. The van der Waals surface area contributed by atoms with E-state index >= 15 is 0 Å². The van der Waals surface area contributed by atoms with E-state index in [4.69, 9.17) is 15.7 Å². The second-order valence-electron chi connectivity index (χ2n) is 9.85. The van der Waals surface area contributed by atoms with Crippen LogP contribution in [0, 0.1) is 11.3 Å². The van der Waals surface area contributed by atoms with Crippen LogP contribution in [-0.2, 0) is 26.5 Å². The third kappa shape index (κ3) is 7.89. The van der Waals surface area contributed by atoms with E-state index in [1.165, 1.54) is 30.3 Å². The summed E-state index contributed by atoms with van der Waals surface area (Å²) in [5.74, 6) is 0.584. The van der Waals surface area contributed by atoms with Crippen molar-refractivity contribution >= 4 is 43.3 Å². The number of aliphatic hydroxyl groups excluding tert-OH is 1. The molecule has 14 heteroatoms. The summed E-state index contributed by atoms with van der Waals surface area (Å²) in [5, 5.41) is 33.9. The summed E-state index contributed by atoms with van der Waals surface area (Å²) < 4.78 is 47.1. The molecule has 41 heavy (non-hydrogen) atoms. The molecule has 2 amide bonds. The number of nitrogens with zero attached hydrogens (tertiary/aromatic N) is 1. The number of aliphatic hydroxyl groups is 1.